The summed E-state index contributed by atoms with van der Waals surface area (Å²) in [5.74, 6) is -1.08. The third kappa shape index (κ3) is 2.72. The lowest BCUT2D eigenvalue weighted by Gasteiger charge is -2.11. The Morgan fingerprint density at radius 2 is 1.92 bits per heavy atom. The Hall–Kier alpha value is -3.55. The molecule has 1 heterocycles. The van der Waals surface area contributed by atoms with E-state index in [0.29, 0.717) is 22.3 Å². The van der Waals surface area contributed by atoms with Crippen molar-refractivity contribution in [3.8, 4) is 11.1 Å². The monoisotopic (exact) mass is 324 g/mol. The van der Waals surface area contributed by atoms with Gasteiger partial charge in [-0.3, -0.25) is 9.59 Å². The highest BCUT2D eigenvalue weighted by Crippen LogP contribution is 2.34. The summed E-state index contributed by atoms with van der Waals surface area (Å²) >= 11 is 0. The van der Waals surface area contributed by atoms with Crippen LogP contribution in [-0.2, 0) is 4.79 Å². The Morgan fingerprint density at radius 1 is 1.21 bits per heavy atom. The number of hydrogen-bond acceptors (Lipinski definition) is 5. The number of aromatic amines is 1. The molecule has 24 heavy (non-hydrogen) atoms. The van der Waals surface area contributed by atoms with Crippen LogP contribution in [-0.4, -0.2) is 20.8 Å². The van der Waals surface area contributed by atoms with Crippen LogP contribution in [0.25, 0.3) is 22.2 Å². The molecule has 8 heteroatoms. The molecule has 0 atom stereocenters. The first-order valence-corrected chi connectivity index (χ1v) is 7.02. The van der Waals surface area contributed by atoms with Gasteiger partial charge in [0.15, 0.2) is 0 Å². The van der Waals surface area contributed by atoms with Crippen molar-refractivity contribution in [2.45, 2.75) is 6.92 Å². The molecule has 0 saturated carbocycles. The number of carbonyl (C=O) groups excluding carboxylic acids is 1. The van der Waals surface area contributed by atoms with E-state index in [1.54, 1.807) is 36.4 Å². The summed E-state index contributed by atoms with van der Waals surface area (Å²) in [6.45, 7) is 1.36. The van der Waals surface area contributed by atoms with E-state index >= 15 is 0 Å². The van der Waals surface area contributed by atoms with Crippen molar-refractivity contribution >= 4 is 28.4 Å². The molecule has 0 aliphatic rings. The fourth-order valence-electron chi connectivity index (χ4n) is 2.46. The van der Waals surface area contributed by atoms with Crippen LogP contribution < -0.4 is 10.9 Å². The van der Waals surface area contributed by atoms with Crippen LogP contribution in [0.3, 0.4) is 0 Å². The average molecular weight is 324 g/mol. The average Bonchev–Trinajstić information content (AvgIpc) is 2.54. The number of fused-ring (bicyclic) bond motifs is 1. The Labute approximate surface area is 135 Å². The molecule has 1 aromatic heterocycles. The van der Waals surface area contributed by atoms with Gasteiger partial charge in [0.25, 0.3) is 0 Å². The molecule has 2 aromatic carbocycles. The van der Waals surface area contributed by atoms with Gasteiger partial charge in [0.1, 0.15) is 0 Å². The Morgan fingerprint density at radius 3 is 2.54 bits per heavy atom. The lowest BCUT2D eigenvalue weighted by molar-refractivity contribution is -0.390. The smallest absolute Gasteiger partial charge is 0.358 e. The van der Waals surface area contributed by atoms with Crippen LogP contribution in [0.15, 0.2) is 47.3 Å². The van der Waals surface area contributed by atoms with Gasteiger partial charge in [0.2, 0.25) is 11.4 Å². The number of aromatic nitrogens is 2. The van der Waals surface area contributed by atoms with E-state index in [0.717, 1.165) is 0 Å². The minimum absolute atomic E-state index is 0.235. The molecule has 0 radical (unpaired) electrons. The quantitative estimate of drug-likeness (QED) is 0.566. The van der Waals surface area contributed by atoms with Crippen molar-refractivity contribution in [1.82, 2.24) is 9.97 Å². The number of rotatable bonds is 3. The van der Waals surface area contributed by atoms with Gasteiger partial charge in [-0.15, -0.1) is 0 Å². The summed E-state index contributed by atoms with van der Waals surface area (Å²) in [7, 11) is 0. The van der Waals surface area contributed by atoms with Crippen LogP contribution in [0.5, 0.6) is 0 Å². The first-order chi connectivity index (χ1) is 11.5. The predicted molar refractivity (Wildman–Crippen MR) is 88.8 cm³/mol. The second-order valence-corrected chi connectivity index (χ2v) is 5.08. The lowest BCUT2D eigenvalue weighted by Crippen LogP contribution is -2.15. The summed E-state index contributed by atoms with van der Waals surface area (Å²) in [5.41, 5.74) is 1.37. The maximum absolute atomic E-state index is 11.8. The lowest BCUT2D eigenvalue weighted by atomic mass is 10.0. The third-order valence-corrected chi connectivity index (χ3v) is 3.39. The van der Waals surface area contributed by atoms with Gasteiger partial charge in [-0.1, -0.05) is 30.3 Å². The highest BCUT2D eigenvalue weighted by atomic mass is 16.6. The summed E-state index contributed by atoms with van der Waals surface area (Å²) in [4.78, 5) is 39.8. The number of benzene rings is 2. The molecule has 0 aliphatic heterocycles. The summed E-state index contributed by atoms with van der Waals surface area (Å²) < 4.78 is 0. The van der Waals surface area contributed by atoms with Crippen molar-refractivity contribution in [2.24, 2.45) is 0 Å². The van der Waals surface area contributed by atoms with Crippen LogP contribution in [0.1, 0.15) is 6.92 Å². The minimum Gasteiger partial charge on any atom is -0.358 e. The van der Waals surface area contributed by atoms with E-state index in [1.165, 1.54) is 6.92 Å². The second kappa shape index (κ2) is 5.92. The van der Waals surface area contributed by atoms with Crippen LogP contribution in [0.4, 0.5) is 11.5 Å². The number of H-pyrrole nitrogens is 1. The molecule has 0 aliphatic carbocycles. The fraction of sp³-hybridized carbons (Fsp3) is 0.0625. The number of nitrogens with one attached hydrogen (secondary N) is 2. The largest absolute Gasteiger partial charge is 0.430 e. The first-order valence-electron chi connectivity index (χ1n) is 7.02. The minimum atomic E-state index is -0.876. The number of amides is 1. The number of nitro groups is 1. The predicted octanol–water partition coefficient (Wildman–Crippen LogP) is 2.46. The van der Waals surface area contributed by atoms with Gasteiger partial charge in [0.05, 0.1) is 16.8 Å². The SMILES string of the molecule is CC(=O)Nc1ccc2[nH]c(=O)c([N+](=O)[O-])nc2c1-c1ccccc1. The molecule has 0 saturated heterocycles. The van der Waals surface area contributed by atoms with Crippen molar-refractivity contribution in [3.63, 3.8) is 0 Å². The van der Waals surface area contributed by atoms with Gasteiger partial charge in [-0.25, -0.2) is 0 Å². The molecule has 8 nitrogen and oxygen atoms in total. The fourth-order valence-corrected chi connectivity index (χ4v) is 2.46. The maximum atomic E-state index is 11.8. The van der Waals surface area contributed by atoms with Crippen molar-refractivity contribution in [2.75, 3.05) is 5.32 Å². The molecule has 0 unspecified atom stereocenters. The third-order valence-electron chi connectivity index (χ3n) is 3.39. The van der Waals surface area contributed by atoms with Gasteiger partial charge in [-0.05, 0) is 27.6 Å². The highest BCUT2D eigenvalue weighted by molar-refractivity contribution is 6.03. The molecule has 0 spiro atoms. The first kappa shape index (κ1) is 15.3. The van der Waals surface area contributed by atoms with E-state index in [2.05, 4.69) is 15.3 Å². The zero-order valence-electron chi connectivity index (χ0n) is 12.6. The molecular weight excluding hydrogens is 312 g/mol. The summed E-state index contributed by atoms with van der Waals surface area (Å²) in [6.07, 6.45) is 0. The summed E-state index contributed by atoms with van der Waals surface area (Å²) in [5, 5.41) is 13.7. The van der Waals surface area contributed by atoms with E-state index in [4.69, 9.17) is 0 Å². The number of nitrogens with zero attached hydrogens (tertiary/aromatic N) is 2. The molecule has 2 N–H and O–H groups in total. The van der Waals surface area contributed by atoms with Crippen LogP contribution in [0.2, 0.25) is 0 Å². The Kier molecular flexibility index (Phi) is 3.78. The van der Waals surface area contributed by atoms with E-state index in [1.807, 2.05) is 6.07 Å². The van der Waals surface area contributed by atoms with Crippen molar-refractivity contribution < 1.29 is 9.72 Å². The molecule has 1 amide bonds. The number of anilines is 1. The normalized spacial score (nSPS) is 10.5. The molecule has 3 rings (SSSR count). The number of hydrogen-bond donors (Lipinski definition) is 2. The van der Waals surface area contributed by atoms with Gasteiger partial charge < -0.3 is 20.4 Å². The van der Waals surface area contributed by atoms with E-state index in [-0.39, 0.29) is 11.4 Å². The zero-order valence-corrected chi connectivity index (χ0v) is 12.6. The van der Waals surface area contributed by atoms with Gasteiger partial charge in [-0.2, -0.15) is 0 Å². The van der Waals surface area contributed by atoms with Crippen molar-refractivity contribution in [3.05, 3.63) is 62.9 Å². The maximum Gasteiger partial charge on any atom is 0.430 e. The molecule has 0 bridgehead atoms. The molecular formula is C16H12N4O4. The molecule has 3 aromatic rings. The Balaban J connectivity index is 2.41. The van der Waals surface area contributed by atoms with E-state index in [9.17, 15) is 19.7 Å². The second-order valence-electron chi connectivity index (χ2n) is 5.08. The van der Waals surface area contributed by atoms with Crippen LogP contribution in [0, 0.1) is 10.1 Å². The number of carbonyl (C=O) groups is 1. The molecule has 120 valence electrons. The standard InChI is InChI=1S/C16H12N4O4/c1-9(21)17-11-7-8-12-14(13(11)10-5-3-2-4-6-10)19-15(20(23)24)16(22)18-12/h2-8H,1H3,(H,17,21)(H,18,22). The van der Waals surface area contributed by atoms with Gasteiger partial charge >= 0.3 is 11.4 Å². The topological polar surface area (TPSA) is 118 Å². The summed E-state index contributed by atoms with van der Waals surface area (Å²) in [6, 6.07) is 12.2. The Bertz CT molecular complexity index is 1010. The zero-order chi connectivity index (χ0) is 17.3. The van der Waals surface area contributed by atoms with Gasteiger partial charge in [0, 0.05) is 6.92 Å². The van der Waals surface area contributed by atoms with Crippen molar-refractivity contribution in [1.29, 1.82) is 0 Å². The van der Waals surface area contributed by atoms with E-state index < -0.39 is 16.3 Å². The van der Waals surface area contributed by atoms with Crippen LogP contribution >= 0.6 is 0 Å². The highest BCUT2D eigenvalue weighted by Gasteiger charge is 2.22. The molecule has 0 fully saturated rings.